The van der Waals surface area contributed by atoms with Crippen molar-refractivity contribution in [2.45, 2.75) is 11.4 Å². The fourth-order valence-electron chi connectivity index (χ4n) is 2.57. The zero-order valence-electron chi connectivity index (χ0n) is 12.8. The maximum absolute atomic E-state index is 12.7. The average molecular weight is 330 g/mol. The van der Waals surface area contributed by atoms with Crippen molar-refractivity contribution < 1.29 is 14.6 Å². The number of nitrogens with zero attached hydrogens (tertiary/aromatic N) is 1. The van der Waals surface area contributed by atoms with Crippen LogP contribution in [0.5, 0.6) is 11.5 Å². The minimum absolute atomic E-state index is 0.0854. The van der Waals surface area contributed by atoms with E-state index in [1.165, 1.54) is 6.07 Å². The highest BCUT2D eigenvalue weighted by Gasteiger charge is 2.23. The van der Waals surface area contributed by atoms with Crippen molar-refractivity contribution in [2.24, 2.45) is 0 Å². The number of phenols is 1. The van der Waals surface area contributed by atoms with Gasteiger partial charge in [0.25, 0.3) is 5.91 Å². The zero-order valence-corrected chi connectivity index (χ0v) is 13.6. The number of phenolic OH excluding ortho intramolecular Hbond substituents is 1. The van der Waals surface area contributed by atoms with Crippen LogP contribution in [0.25, 0.3) is 0 Å². The molecular formula is C17H18N2O3S. The standard InChI is InChI=1S/C17H18N2O3S/c1-22-13-3-5-16-11(8-13)10-19(6-7-23-16)17(21)14-4-2-12(18)9-15(14)20/h2-5,8-9,20H,6-7,10,18H2,1H3. The van der Waals surface area contributed by atoms with Gasteiger partial charge in [0.2, 0.25) is 0 Å². The van der Waals surface area contributed by atoms with Gasteiger partial charge in [-0.05, 0) is 35.9 Å². The van der Waals surface area contributed by atoms with Crippen LogP contribution >= 0.6 is 11.8 Å². The van der Waals surface area contributed by atoms with Gasteiger partial charge in [-0.1, -0.05) is 0 Å². The fourth-order valence-corrected chi connectivity index (χ4v) is 3.58. The number of anilines is 1. The lowest BCUT2D eigenvalue weighted by molar-refractivity contribution is 0.0751. The largest absolute Gasteiger partial charge is 0.507 e. The Bertz CT molecular complexity index is 749. The Labute approximate surface area is 139 Å². The predicted octanol–water partition coefficient (Wildman–Crippen LogP) is 2.73. The molecule has 0 unspecified atom stereocenters. The molecule has 1 heterocycles. The number of hydrogen-bond acceptors (Lipinski definition) is 5. The number of fused-ring (bicyclic) bond motifs is 1. The van der Waals surface area contributed by atoms with Gasteiger partial charge in [-0.3, -0.25) is 4.79 Å². The Balaban J connectivity index is 1.89. The molecule has 120 valence electrons. The number of carbonyl (C=O) groups is 1. The molecule has 1 aliphatic rings. The number of thioether (sulfide) groups is 1. The molecule has 0 fully saturated rings. The Morgan fingerprint density at radius 1 is 1.30 bits per heavy atom. The van der Waals surface area contributed by atoms with Gasteiger partial charge in [0.1, 0.15) is 11.5 Å². The summed E-state index contributed by atoms with van der Waals surface area (Å²) in [4.78, 5) is 15.6. The second kappa shape index (κ2) is 6.42. The van der Waals surface area contributed by atoms with E-state index in [1.54, 1.807) is 35.9 Å². The molecule has 5 nitrogen and oxygen atoms in total. The third-order valence-corrected chi connectivity index (χ3v) is 4.88. The van der Waals surface area contributed by atoms with Gasteiger partial charge in [0.05, 0.1) is 12.7 Å². The molecular weight excluding hydrogens is 312 g/mol. The van der Waals surface area contributed by atoms with Gasteiger partial charge in [-0.15, -0.1) is 11.8 Å². The van der Waals surface area contributed by atoms with Crippen LogP contribution in [-0.4, -0.2) is 35.3 Å². The molecule has 0 bridgehead atoms. The highest BCUT2D eigenvalue weighted by Crippen LogP contribution is 2.31. The van der Waals surface area contributed by atoms with E-state index in [1.807, 2.05) is 18.2 Å². The lowest BCUT2D eigenvalue weighted by Crippen LogP contribution is -2.31. The lowest BCUT2D eigenvalue weighted by atomic mass is 10.1. The second-order valence-electron chi connectivity index (χ2n) is 5.33. The summed E-state index contributed by atoms with van der Waals surface area (Å²) in [7, 11) is 1.63. The Morgan fingerprint density at radius 2 is 2.13 bits per heavy atom. The van der Waals surface area contributed by atoms with E-state index in [2.05, 4.69) is 0 Å². The Morgan fingerprint density at radius 3 is 2.87 bits per heavy atom. The molecule has 3 rings (SSSR count). The first-order valence-electron chi connectivity index (χ1n) is 7.26. The summed E-state index contributed by atoms with van der Waals surface area (Å²) >= 11 is 1.72. The number of aromatic hydroxyl groups is 1. The first-order valence-corrected chi connectivity index (χ1v) is 8.24. The van der Waals surface area contributed by atoms with Gasteiger partial charge in [0, 0.05) is 35.5 Å². The fraction of sp³-hybridized carbons (Fsp3) is 0.235. The summed E-state index contributed by atoms with van der Waals surface area (Å²) < 4.78 is 5.27. The maximum Gasteiger partial charge on any atom is 0.257 e. The molecule has 0 aliphatic carbocycles. The van der Waals surface area contributed by atoms with E-state index in [0.717, 1.165) is 22.0 Å². The molecule has 3 N–H and O–H groups in total. The van der Waals surface area contributed by atoms with Gasteiger partial charge >= 0.3 is 0 Å². The topological polar surface area (TPSA) is 75.8 Å². The van der Waals surface area contributed by atoms with Crippen molar-refractivity contribution in [3.05, 3.63) is 47.5 Å². The minimum Gasteiger partial charge on any atom is -0.507 e. The van der Waals surface area contributed by atoms with Gasteiger partial charge in [-0.25, -0.2) is 0 Å². The Hall–Kier alpha value is -2.34. The van der Waals surface area contributed by atoms with Crippen molar-refractivity contribution in [3.63, 3.8) is 0 Å². The van der Waals surface area contributed by atoms with Crippen molar-refractivity contribution >= 4 is 23.4 Å². The van der Waals surface area contributed by atoms with Crippen molar-refractivity contribution in [3.8, 4) is 11.5 Å². The number of nitrogen functional groups attached to an aromatic ring is 1. The van der Waals surface area contributed by atoms with Crippen molar-refractivity contribution in [1.29, 1.82) is 0 Å². The molecule has 0 spiro atoms. The third-order valence-electron chi connectivity index (χ3n) is 3.79. The number of ether oxygens (including phenoxy) is 1. The molecule has 6 heteroatoms. The summed E-state index contributed by atoms with van der Waals surface area (Å²) in [6.07, 6.45) is 0. The van der Waals surface area contributed by atoms with E-state index >= 15 is 0 Å². The normalized spacial score (nSPS) is 14.0. The molecule has 1 aliphatic heterocycles. The predicted molar refractivity (Wildman–Crippen MR) is 91.0 cm³/mol. The summed E-state index contributed by atoms with van der Waals surface area (Å²) in [6, 6.07) is 10.5. The number of nitrogens with two attached hydrogens (primary N) is 1. The number of rotatable bonds is 2. The van der Waals surface area contributed by atoms with Crippen LogP contribution in [0.1, 0.15) is 15.9 Å². The molecule has 0 radical (unpaired) electrons. The highest BCUT2D eigenvalue weighted by molar-refractivity contribution is 7.99. The quantitative estimate of drug-likeness (QED) is 0.828. The van der Waals surface area contributed by atoms with Crippen LogP contribution in [0.4, 0.5) is 5.69 Å². The first kappa shape index (κ1) is 15.6. The summed E-state index contributed by atoms with van der Waals surface area (Å²) in [5.74, 6) is 1.30. The van der Waals surface area contributed by atoms with Crippen LogP contribution in [0.2, 0.25) is 0 Å². The lowest BCUT2D eigenvalue weighted by Gasteiger charge is -2.21. The second-order valence-corrected chi connectivity index (χ2v) is 6.46. The highest BCUT2D eigenvalue weighted by atomic mass is 32.2. The van der Waals surface area contributed by atoms with E-state index in [4.69, 9.17) is 10.5 Å². The summed E-state index contributed by atoms with van der Waals surface area (Å²) in [5, 5.41) is 9.99. The van der Waals surface area contributed by atoms with Gasteiger partial charge in [0.15, 0.2) is 0 Å². The van der Waals surface area contributed by atoms with E-state index in [0.29, 0.717) is 18.8 Å². The SMILES string of the molecule is COc1ccc2c(c1)CN(C(=O)c1ccc(N)cc1O)CCS2. The molecule has 0 saturated heterocycles. The monoisotopic (exact) mass is 330 g/mol. The smallest absolute Gasteiger partial charge is 0.257 e. The average Bonchev–Trinajstić information content (AvgIpc) is 2.75. The third kappa shape index (κ3) is 3.22. The van der Waals surface area contributed by atoms with Crippen LogP contribution in [-0.2, 0) is 6.54 Å². The molecule has 2 aromatic carbocycles. The number of hydrogen-bond donors (Lipinski definition) is 2. The van der Waals surface area contributed by atoms with Gasteiger partial charge < -0.3 is 20.5 Å². The maximum atomic E-state index is 12.7. The first-order chi connectivity index (χ1) is 11.1. The number of benzene rings is 2. The zero-order chi connectivity index (χ0) is 16.4. The van der Waals surface area contributed by atoms with Crippen LogP contribution in [0, 0.1) is 0 Å². The van der Waals surface area contributed by atoms with Crippen LogP contribution in [0.3, 0.4) is 0 Å². The molecule has 0 atom stereocenters. The molecule has 23 heavy (non-hydrogen) atoms. The van der Waals surface area contributed by atoms with E-state index < -0.39 is 0 Å². The summed E-state index contributed by atoms with van der Waals surface area (Å²) in [6.45, 7) is 1.10. The van der Waals surface area contributed by atoms with Gasteiger partial charge in [-0.2, -0.15) is 0 Å². The summed E-state index contributed by atoms with van der Waals surface area (Å²) in [5.41, 5.74) is 7.38. The molecule has 0 saturated carbocycles. The molecule has 1 amide bonds. The van der Waals surface area contributed by atoms with Crippen molar-refractivity contribution in [2.75, 3.05) is 25.1 Å². The number of carbonyl (C=O) groups excluding carboxylic acids is 1. The van der Waals surface area contributed by atoms with Crippen molar-refractivity contribution in [1.82, 2.24) is 4.90 Å². The molecule has 2 aromatic rings. The molecule has 0 aromatic heterocycles. The minimum atomic E-state index is -0.196. The van der Waals surface area contributed by atoms with Crippen LogP contribution in [0.15, 0.2) is 41.3 Å². The van der Waals surface area contributed by atoms with E-state index in [9.17, 15) is 9.90 Å². The Kier molecular flexibility index (Phi) is 4.34. The number of methoxy groups -OCH3 is 1. The number of amides is 1. The van der Waals surface area contributed by atoms with Crippen LogP contribution < -0.4 is 10.5 Å². The van der Waals surface area contributed by atoms with E-state index in [-0.39, 0.29) is 17.2 Å².